The number of rotatable bonds is 2. The van der Waals surface area contributed by atoms with Crippen molar-refractivity contribution in [3.05, 3.63) is 23.9 Å². The molecule has 0 N–H and O–H groups in total. The van der Waals surface area contributed by atoms with Gasteiger partial charge in [-0.3, -0.25) is 4.90 Å². The zero-order chi connectivity index (χ0) is 14.8. The van der Waals surface area contributed by atoms with Crippen molar-refractivity contribution in [2.75, 3.05) is 31.1 Å². The van der Waals surface area contributed by atoms with Crippen LogP contribution >= 0.6 is 0 Å². The van der Waals surface area contributed by atoms with Gasteiger partial charge in [-0.25, -0.2) is 4.98 Å². The van der Waals surface area contributed by atoms with Crippen molar-refractivity contribution in [3.8, 4) is 6.07 Å². The molecule has 4 nitrogen and oxygen atoms in total. The maximum Gasteiger partial charge on any atom is 0.433 e. The summed E-state index contributed by atoms with van der Waals surface area (Å²) in [4.78, 5) is 7.49. The molecule has 1 aromatic rings. The Labute approximate surface area is 115 Å². The molecule has 108 valence electrons. The van der Waals surface area contributed by atoms with Crippen LogP contribution in [-0.4, -0.2) is 42.1 Å². The summed E-state index contributed by atoms with van der Waals surface area (Å²) < 4.78 is 37.9. The van der Waals surface area contributed by atoms with Crippen LogP contribution in [0.15, 0.2) is 18.2 Å². The van der Waals surface area contributed by atoms with Crippen LogP contribution in [0.5, 0.6) is 0 Å². The lowest BCUT2D eigenvalue weighted by atomic mass is 10.2. The van der Waals surface area contributed by atoms with Crippen LogP contribution in [0.2, 0.25) is 0 Å². The fourth-order valence-corrected chi connectivity index (χ4v) is 2.18. The Bertz CT molecular complexity index is 501. The van der Waals surface area contributed by atoms with Crippen LogP contribution < -0.4 is 4.90 Å². The monoisotopic (exact) mass is 284 g/mol. The maximum absolute atomic E-state index is 12.6. The standard InChI is InChI=1S/C13H15F3N4/c1-10(9-17)19-5-7-20(8-6-19)12-4-2-3-11(18-12)13(14,15)16/h2-4,10H,5-8H2,1H3. The van der Waals surface area contributed by atoms with Crippen molar-refractivity contribution in [1.29, 1.82) is 5.26 Å². The molecular formula is C13H15F3N4. The highest BCUT2D eigenvalue weighted by Crippen LogP contribution is 2.29. The molecule has 1 unspecified atom stereocenters. The minimum absolute atomic E-state index is 0.174. The molecule has 1 aliphatic heterocycles. The Balaban J connectivity index is 2.06. The first-order valence-corrected chi connectivity index (χ1v) is 6.34. The van der Waals surface area contributed by atoms with Crippen molar-refractivity contribution in [2.45, 2.75) is 19.1 Å². The zero-order valence-electron chi connectivity index (χ0n) is 11.1. The van der Waals surface area contributed by atoms with Gasteiger partial charge in [0.15, 0.2) is 0 Å². The summed E-state index contributed by atoms with van der Waals surface area (Å²) in [7, 11) is 0. The van der Waals surface area contributed by atoms with Crippen LogP contribution in [-0.2, 0) is 6.18 Å². The lowest BCUT2D eigenvalue weighted by Crippen LogP contribution is -2.49. The molecular weight excluding hydrogens is 269 g/mol. The second kappa shape index (κ2) is 5.67. The van der Waals surface area contributed by atoms with Gasteiger partial charge in [-0.1, -0.05) is 6.07 Å². The van der Waals surface area contributed by atoms with E-state index in [2.05, 4.69) is 11.1 Å². The fraction of sp³-hybridized carbons (Fsp3) is 0.538. The van der Waals surface area contributed by atoms with E-state index in [9.17, 15) is 13.2 Å². The second-order valence-corrected chi connectivity index (χ2v) is 4.71. The van der Waals surface area contributed by atoms with E-state index in [-0.39, 0.29) is 6.04 Å². The first-order chi connectivity index (χ1) is 9.41. The molecule has 0 bridgehead atoms. The molecule has 2 heterocycles. The van der Waals surface area contributed by atoms with Gasteiger partial charge in [0.2, 0.25) is 0 Å². The normalized spacial score (nSPS) is 18.6. The van der Waals surface area contributed by atoms with Gasteiger partial charge in [-0.2, -0.15) is 18.4 Å². The minimum Gasteiger partial charge on any atom is -0.354 e. The summed E-state index contributed by atoms with van der Waals surface area (Å²) in [5, 5.41) is 8.85. The maximum atomic E-state index is 12.6. The molecule has 2 rings (SSSR count). The highest BCUT2D eigenvalue weighted by molar-refractivity contribution is 5.40. The minimum atomic E-state index is -4.42. The Morgan fingerprint density at radius 3 is 2.45 bits per heavy atom. The number of hydrogen-bond acceptors (Lipinski definition) is 4. The second-order valence-electron chi connectivity index (χ2n) is 4.71. The van der Waals surface area contributed by atoms with Gasteiger partial charge in [0.25, 0.3) is 0 Å². The number of aromatic nitrogens is 1. The summed E-state index contributed by atoms with van der Waals surface area (Å²) in [5.41, 5.74) is -0.872. The van der Waals surface area contributed by atoms with E-state index in [0.717, 1.165) is 6.07 Å². The molecule has 20 heavy (non-hydrogen) atoms. The molecule has 0 aromatic carbocycles. The van der Waals surface area contributed by atoms with Crippen LogP contribution in [0.4, 0.5) is 19.0 Å². The number of nitriles is 1. The largest absolute Gasteiger partial charge is 0.433 e. The van der Waals surface area contributed by atoms with Gasteiger partial charge >= 0.3 is 6.18 Å². The zero-order valence-corrected chi connectivity index (χ0v) is 11.1. The number of piperazine rings is 1. The van der Waals surface area contributed by atoms with Crippen molar-refractivity contribution in [1.82, 2.24) is 9.88 Å². The molecule has 0 radical (unpaired) electrons. The predicted octanol–water partition coefficient (Wildman–Crippen LogP) is 2.13. The number of pyridine rings is 1. The molecule has 0 aliphatic carbocycles. The van der Waals surface area contributed by atoms with Crippen LogP contribution in [0.25, 0.3) is 0 Å². The van der Waals surface area contributed by atoms with Crippen molar-refractivity contribution >= 4 is 5.82 Å². The van der Waals surface area contributed by atoms with Crippen LogP contribution in [0.1, 0.15) is 12.6 Å². The number of nitrogens with zero attached hydrogens (tertiary/aromatic N) is 4. The third kappa shape index (κ3) is 3.20. The molecule has 1 aliphatic rings. The highest BCUT2D eigenvalue weighted by Gasteiger charge is 2.33. The molecule has 1 atom stereocenters. The number of halogens is 3. The van der Waals surface area contributed by atoms with Gasteiger partial charge in [0.05, 0.1) is 12.1 Å². The van der Waals surface area contributed by atoms with E-state index in [4.69, 9.17) is 5.26 Å². The van der Waals surface area contributed by atoms with E-state index < -0.39 is 11.9 Å². The van der Waals surface area contributed by atoms with Gasteiger partial charge in [-0.15, -0.1) is 0 Å². The summed E-state index contributed by atoms with van der Waals surface area (Å²) in [6.07, 6.45) is -4.42. The van der Waals surface area contributed by atoms with Gasteiger partial charge in [0, 0.05) is 26.2 Å². The van der Waals surface area contributed by atoms with Crippen LogP contribution in [0, 0.1) is 11.3 Å². The lowest BCUT2D eigenvalue weighted by molar-refractivity contribution is -0.141. The van der Waals surface area contributed by atoms with Crippen molar-refractivity contribution < 1.29 is 13.2 Å². The third-order valence-corrected chi connectivity index (χ3v) is 3.40. The molecule has 0 spiro atoms. The molecule has 7 heteroatoms. The Kier molecular flexibility index (Phi) is 4.14. The van der Waals surface area contributed by atoms with Crippen molar-refractivity contribution in [2.24, 2.45) is 0 Å². The van der Waals surface area contributed by atoms with Crippen LogP contribution in [0.3, 0.4) is 0 Å². The van der Waals surface area contributed by atoms with Gasteiger partial charge in [-0.05, 0) is 19.1 Å². The number of hydrogen-bond donors (Lipinski definition) is 0. The van der Waals surface area contributed by atoms with E-state index in [0.29, 0.717) is 32.0 Å². The summed E-state index contributed by atoms with van der Waals surface area (Å²) in [5.74, 6) is 0.337. The van der Waals surface area contributed by atoms with E-state index in [1.165, 1.54) is 6.07 Å². The van der Waals surface area contributed by atoms with E-state index in [1.807, 2.05) is 16.7 Å². The fourth-order valence-electron chi connectivity index (χ4n) is 2.18. The number of alkyl halides is 3. The quantitative estimate of drug-likeness (QED) is 0.834. The van der Waals surface area contributed by atoms with E-state index >= 15 is 0 Å². The van der Waals surface area contributed by atoms with E-state index in [1.54, 1.807) is 6.07 Å². The lowest BCUT2D eigenvalue weighted by Gasteiger charge is -2.36. The average Bonchev–Trinajstić information content (AvgIpc) is 2.46. The Morgan fingerprint density at radius 2 is 1.90 bits per heavy atom. The molecule has 0 saturated carbocycles. The number of anilines is 1. The molecule has 1 aromatic heterocycles. The molecule has 0 amide bonds. The smallest absolute Gasteiger partial charge is 0.354 e. The summed E-state index contributed by atoms with van der Waals surface area (Å²) in [6, 6.07) is 5.91. The topological polar surface area (TPSA) is 43.2 Å². The molecule has 1 saturated heterocycles. The average molecular weight is 284 g/mol. The Morgan fingerprint density at radius 1 is 1.25 bits per heavy atom. The molecule has 1 fully saturated rings. The summed E-state index contributed by atoms with van der Waals surface area (Å²) in [6.45, 7) is 4.25. The first-order valence-electron chi connectivity index (χ1n) is 6.34. The third-order valence-electron chi connectivity index (χ3n) is 3.40. The van der Waals surface area contributed by atoms with Gasteiger partial charge < -0.3 is 4.90 Å². The summed E-state index contributed by atoms with van der Waals surface area (Å²) >= 11 is 0. The first kappa shape index (κ1) is 14.6. The van der Waals surface area contributed by atoms with Crippen molar-refractivity contribution in [3.63, 3.8) is 0 Å². The Hall–Kier alpha value is -1.81. The predicted molar refractivity (Wildman–Crippen MR) is 68.1 cm³/mol. The SMILES string of the molecule is CC(C#N)N1CCN(c2cccc(C(F)(F)F)n2)CC1. The highest BCUT2D eigenvalue weighted by atomic mass is 19.4. The van der Waals surface area contributed by atoms with Gasteiger partial charge in [0.1, 0.15) is 11.5 Å².